The van der Waals surface area contributed by atoms with Gasteiger partial charge < -0.3 is 25.4 Å². The summed E-state index contributed by atoms with van der Waals surface area (Å²) < 4.78 is 87.8. The molecule has 1 saturated heterocycles. The summed E-state index contributed by atoms with van der Waals surface area (Å²) >= 11 is 0. The molecule has 14 heteroatoms. The molecule has 3 rings (SSSR count). The van der Waals surface area contributed by atoms with E-state index in [0.717, 1.165) is 4.90 Å². The number of aromatic hydroxyl groups is 2. The molecule has 3 amide bonds. The number of hydrogen-bond acceptors (Lipinski definition) is 6. The second-order valence-corrected chi connectivity index (χ2v) is 11.2. The molecule has 0 aromatic heterocycles. The Hall–Kier alpha value is -3.68. The largest absolute Gasteiger partial charge is 0.504 e. The van der Waals surface area contributed by atoms with Crippen molar-refractivity contribution in [2.45, 2.75) is 102 Å². The third-order valence-corrected chi connectivity index (χ3v) is 8.09. The second-order valence-electron chi connectivity index (χ2n) is 11.2. The van der Waals surface area contributed by atoms with Crippen molar-refractivity contribution in [3.8, 4) is 17.2 Å². The second kappa shape index (κ2) is 13.4. The van der Waals surface area contributed by atoms with Gasteiger partial charge in [-0.1, -0.05) is 39.7 Å². The normalized spacial score (nSPS) is 18.3. The van der Waals surface area contributed by atoms with E-state index in [1.54, 1.807) is 27.7 Å². The molecule has 0 aliphatic carbocycles. The molecule has 1 fully saturated rings. The molecule has 4 N–H and O–H groups in total. The van der Waals surface area contributed by atoms with Crippen LogP contribution in [-0.2, 0) is 28.8 Å². The quantitative estimate of drug-likeness (QED) is 0.0829. The average Bonchev–Trinajstić information content (AvgIpc) is 3.21. The number of imide groups is 1. The van der Waals surface area contributed by atoms with Crippen LogP contribution >= 0.6 is 0 Å². The van der Waals surface area contributed by atoms with E-state index in [4.69, 9.17) is 4.74 Å². The Morgan fingerprint density at radius 2 is 1.47 bits per heavy atom. The van der Waals surface area contributed by atoms with Crippen molar-refractivity contribution in [3.63, 3.8) is 0 Å². The number of nitrogens with one attached hydrogen (secondary N) is 1. The Bertz CT molecular complexity index is 1350. The number of aryl methyl sites for hydroxylation is 2. The minimum absolute atomic E-state index is 0.0195. The SMILES string of the molecule is CCCc1cc(C(O)(C(F)(F)F)C(F)(F)F)cc(CCC)c1OCCCC(C)N1C(=O)NC(CC)(c2ccc(O)c(O)c2)C1=O. The molecule has 250 valence electrons. The Balaban J connectivity index is 1.82. The summed E-state index contributed by atoms with van der Waals surface area (Å²) in [6.45, 7) is 6.71. The number of amides is 3. The van der Waals surface area contributed by atoms with Crippen molar-refractivity contribution in [3.05, 3.63) is 52.6 Å². The number of urea groups is 1. The highest BCUT2D eigenvalue weighted by Crippen LogP contribution is 2.51. The van der Waals surface area contributed by atoms with Crippen LogP contribution < -0.4 is 10.1 Å². The smallest absolute Gasteiger partial charge is 0.430 e. The molecule has 0 bridgehead atoms. The summed E-state index contributed by atoms with van der Waals surface area (Å²) in [6, 6.07) is 3.95. The standard InChI is InChI=1S/C31H38F6N2O6/c1-5-9-19-15-22(29(44,30(32,33)34)31(35,36)37)16-20(10-6-2)25(19)45-14-8-11-18(4)39-26(42)28(7-3,38-27(39)43)21-12-13-23(40)24(41)17-21/h12-13,15-18,40-41,44H,5-11,14H2,1-4H3,(H,38,43). The van der Waals surface area contributed by atoms with E-state index < -0.39 is 52.8 Å². The Morgan fingerprint density at radius 1 is 0.911 bits per heavy atom. The molecular weight excluding hydrogens is 610 g/mol. The molecular formula is C31H38F6N2O6. The van der Waals surface area contributed by atoms with Crippen molar-refractivity contribution in [1.29, 1.82) is 0 Å². The van der Waals surface area contributed by atoms with Gasteiger partial charge in [0.1, 0.15) is 11.3 Å². The molecule has 45 heavy (non-hydrogen) atoms. The number of rotatable bonds is 13. The van der Waals surface area contributed by atoms with Gasteiger partial charge in [-0.2, -0.15) is 26.3 Å². The zero-order chi connectivity index (χ0) is 34.0. The van der Waals surface area contributed by atoms with Gasteiger partial charge in [-0.15, -0.1) is 0 Å². The molecule has 2 aromatic carbocycles. The first-order valence-electron chi connectivity index (χ1n) is 14.7. The topological polar surface area (TPSA) is 119 Å². The van der Waals surface area contributed by atoms with E-state index in [2.05, 4.69) is 5.32 Å². The molecule has 2 atom stereocenters. The lowest BCUT2D eigenvalue weighted by molar-refractivity contribution is -0.376. The first-order valence-corrected chi connectivity index (χ1v) is 14.7. The maximum atomic E-state index is 13.7. The van der Waals surface area contributed by atoms with Crippen LogP contribution in [0.2, 0.25) is 0 Å². The van der Waals surface area contributed by atoms with Gasteiger partial charge in [-0.05, 0) is 80.0 Å². The Kier molecular flexibility index (Phi) is 10.6. The van der Waals surface area contributed by atoms with Crippen LogP contribution in [0.15, 0.2) is 30.3 Å². The van der Waals surface area contributed by atoms with Crippen LogP contribution in [0.25, 0.3) is 0 Å². The summed E-state index contributed by atoms with van der Waals surface area (Å²) in [4.78, 5) is 27.5. The Morgan fingerprint density at radius 3 is 1.93 bits per heavy atom. The van der Waals surface area contributed by atoms with Gasteiger partial charge in [-0.3, -0.25) is 9.69 Å². The van der Waals surface area contributed by atoms with Crippen LogP contribution in [0, 0.1) is 0 Å². The van der Waals surface area contributed by atoms with Gasteiger partial charge >= 0.3 is 18.4 Å². The Labute approximate surface area is 257 Å². The van der Waals surface area contributed by atoms with Gasteiger partial charge in [0.15, 0.2) is 11.5 Å². The number of phenolic OH excluding ortho intramolecular Hbond substituents is 2. The fourth-order valence-electron chi connectivity index (χ4n) is 5.65. The van der Waals surface area contributed by atoms with Crippen molar-refractivity contribution >= 4 is 11.9 Å². The third-order valence-electron chi connectivity index (χ3n) is 8.09. The zero-order valence-electron chi connectivity index (χ0n) is 25.4. The summed E-state index contributed by atoms with van der Waals surface area (Å²) in [7, 11) is 0. The molecule has 1 aliphatic heterocycles. The maximum absolute atomic E-state index is 13.7. The van der Waals surface area contributed by atoms with Gasteiger partial charge in [0.25, 0.3) is 11.5 Å². The molecule has 2 unspecified atom stereocenters. The van der Waals surface area contributed by atoms with Gasteiger partial charge in [0, 0.05) is 11.6 Å². The number of hydrogen-bond donors (Lipinski definition) is 4. The van der Waals surface area contributed by atoms with Crippen molar-refractivity contribution in [2.75, 3.05) is 6.61 Å². The molecule has 0 spiro atoms. The van der Waals surface area contributed by atoms with E-state index in [1.165, 1.54) is 18.2 Å². The lowest BCUT2D eigenvalue weighted by atomic mass is 9.86. The predicted molar refractivity (Wildman–Crippen MR) is 152 cm³/mol. The number of carbonyl (C=O) groups excluding carboxylic acids is 2. The fraction of sp³-hybridized carbons (Fsp3) is 0.548. The van der Waals surface area contributed by atoms with Crippen LogP contribution in [-0.4, -0.2) is 57.2 Å². The summed E-state index contributed by atoms with van der Waals surface area (Å²) in [6.07, 6.45) is -10.4. The van der Waals surface area contributed by atoms with Crippen LogP contribution in [0.5, 0.6) is 17.2 Å². The number of nitrogens with zero attached hydrogens (tertiary/aromatic N) is 1. The average molecular weight is 649 g/mol. The van der Waals surface area contributed by atoms with Gasteiger partial charge in [0.05, 0.1) is 6.61 Å². The number of aliphatic hydroxyl groups is 1. The summed E-state index contributed by atoms with van der Waals surface area (Å²) in [5.41, 5.74) is -7.37. The van der Waals surface area contributed by atoms with Crippen LogP contribution in [0.3, 0.4) is 0 Å². The number of halogens is 6. The highest BCUT2D eigenvalue weighted by Gasteiger charge is 2.71. The van der Waals surface area contributed by atoms with Crippen molar-refractivity contribution in [2.24, 2.45) is 0 Å². The fourth-order valence-corrected chi connectivity index (χ4v) is 5.65. The van der Waals surface area contributed by atoms with Gasteiger partial charge in [0.2, 0.25) is 0 Å². The minimum Gasteiger partial charge on any atom is -0.504 e. The zero-order valence-corrected chi connectivity index (χ0v) is 25.4. The monoisotopic (exact) mass is 648 g/mol. The first-order chi connectivity index (χ1) is 20.9. The molecule has 8 nitrogen and oxygen atoms in total. The minimum atomic E-state index is -6.02. The maximum Gasteiger partial charge on any atom is 0.430 e. The van der Waals surface area contributed by atoms with E-state index in [0.29, 0.717) is 25.0 Å². The molecule has 0 radical (unpaired) electrons. The van der Waals surface area contributed by atoms with Crippen LogP contribution in [0.1, 0.15) is 82.1 Å². The van der Waals surface area contributed by atoms with Gasteiger partial charge in [-0.25, -0.2) is 4.79 Å². The predicted octanol–water partition coefficient (Wildman–Crippen LogP) is 6.72. The lowest BCUT2D eigenvalue weighted by Gasteiger charge is -2.33. The summed E-state index contributed by atoms with van der Waals surface area (Å²) in [5, 5.41) is 32.3. The third kappa shape index (κ3) is 6.66. The number of ether oxygens (including phenoxy) is 1. The first kappa shape index (κ1) is 35.8. The highest BCUT2D eigenvalue weighted by molar-refractivity contribution is 6.07. The van der Waals surface area contributed by atoms with E-state index in [1.807, 2.05) is 0 Å². The molecule has 0 saturated carbocycles. The number of carbonyl (C=O) groups is 2. The van der Waals surface area contributed by atoms with E-state index in [-0.39, 0.29) is 66.9 Å². The van der Waals surface area contributed by atoms with Crippen molar-refractivity contribution < 1.29 is 56.0 Å². The van der Waals surface area contributed by atoms with Crippen molar-refractivity contribution in [1.82, 2.24) is 10.2 Å². The summed E-state index contributed by atoms with van der Waals surface area (Å²) in [5.74, 6) is -1.25. The number of phenols is 2. The van der Waals surface area contributed by atoms with Crippen LogP contribution in [0.4, 0.5) is 31.1 Å². The highest BCUT2D eigenvalue weighted by atomic mass is 19.4. The lowest BCUT2D eigenvalue weighted by Crippen LogP contribution is -2.54. The number of benzene rings is 2. The number of alkyl halides is 6. The molecule has 1 heterocycles. The molecule has 1 aliphatic rings. The van der Waals surface area contributed by atoms with E-state index >= 15 is 0 Å². The molecule has 2 aromatic rings. The van der Waals surface area contributed by atoms with E-state index in [9.17, 15) is 51.3 Å².